The second-order valence-electron chi connectivity index (χ2n) is 4.58. The van der Waals surface area contributed by atoms with E-state index >= 15 is 0 Å². The average Bonchev–Trinajstić information content (AvgIpc) is 3.05. The molecule has 2 rings (SSSR count). The van der Waals surface area contributed by atoms with E-state index in [-0.39, 0.29) is 37.1 Å². The number of likely N-dealkylation sites (tertiary alicyclic amines) is 1. The maximum absolute atomic E-state index is 11.9. The van der Waals surface area contributed by atoms with Crippen LogP contribution in [0.1, 0.15) is 28.9 Å². The number of thiophene rings is 1. The molecule has 1 aromatic heterocycles. The van der Waals surface area contributed by atoms with Gasteiger partial charge in [0.1, 0.15) is 0 Å². The molecule has 0 aromatic carbocycles. The zero-order valence-corrected chi connectivity index (χ0v) is 11.0. The fourth-order valence-electron chi connectivity index (χ4n) is 2.15. The van der Waals surface area contributed by atoms with Crippen LogP contribution in [0.15, 0.2) is 17.5 Å². The summed E-state index contributed by atoms with van der Waals surface area (Å²) in [4.78, 5) is 26.1. The molecule has 0 aliphatic carbocycles. The number of Topliss-reactive ketones (excluding diaryl/α,β-unsaturated/α-hetero) is 1. The van der Waals surface area contributed by atoms with E-state index in [0.717, 1.165) is 11.3 Å². The number of aliphatic hydroxyl groups is 1. The summed E-state index contributed by atoms with van der Waals surface area (Å²) in [6.07, 6.45) is 1.41. The van der Waals surface area contributed by atoms with Crippen LogP contribution in [-0.2, 0) is 4.79 Å². The van der Waals surface area contributed by atoms with E-state index in [2.05, 4.69) is 0 Å². The third-order valence-corrected chi connectivity index (χ3v) is 4.17. The largest absolute Gasteiger partial charge is 0.396 e. The molecule has 0 bridgehead atoms. The molecule has 0 radical (unpaired) electrons. The van der Waals surface area contributed by atoms with Gasteiger partial charge in [0.2, 0.25) is 5.91 Å². The van der Waals surface area contributed by atoms with Gasteiger partial charge in [-0.05, 0) is 17.9 Å². The number of carbonyl (C=O) groups is 2. The first-order valence-corrected chi connectivity index (χ1v) is 7.04. The summed E-state index contributed by atoms with van der Waals surface area (Å²) in [5, 5.41) is 10.9. The second kappa shape index (κ2) is 6.11. The molecule has 1 N–H and O–H groups in total. The van der Waals surface area contributed by atoms with Gasteiger partial charge in [0.25, 0.3) is 0 Å². The molecule has 1 amide bonds. The fourth-order valence-corrected chi connectivity index (χ4v) is 2.84. The van der Waals surface area contributed by atoms with Crippen LogP contribution in [0.2, 0.25) is 0 Å². The Balaban J connectivity index is 1.77. The van der Waals surface area contributed by atoms with Gasteiger partial charge in [-0.25, -0.2) is 0 Å². The molecule has 1 aromatic rings. The van der Waals surface area contributed by atoms with E-state index in [1.165, 1.54) is 11.3 Å². The molecule has 4 nitrogen and oxygen atoms in total. The maximum atomic E-state index is 11.9. The van der Waals surface area contributed by atoms with Crippen molar-refractivity contribution in [3.05, 3.63) is 22.4 Å². The van der Waals surface area contributed by atoms with Crippen molar-refractivity contribution in [2.24, 2.45) is 5.92 Å². The van der Waals surface area contributed by atoms with Crippen LogP contribution < -0.4 is 0 Å². The van der Waals surface area contributed by atoms with Gasteiger partial charge in [-0.1, -0.05) is 6.07 Å². The second-order valence-corrected chi connectivity index (χ2v) is 5.53. The molecule has 18 heavy (non-hydrogen) atoms. The lowest BCUT2D eigenvalue weighted by atomic mass is 10.1. The fraction of sp³-hybridized carbons (Fsp3) is 0.538. The van der Waals surface area contributed by atoms with Crippen LogP contribution in [-0.4, -0.2) is 41.4 Å². The molecule has 1 unspecified atom stereocenters. The van der Waals surface area contributed by atoms with Crippen LogP contribution in [0.25, 0.3) is 0 Å². The lowest BCUT2D eigenvalue weighted by molar-refractivity contribution is -0.130. The molecule has 1 saturated heterocycles. The first kappa shape index (κ1) is 13.2. The van der Waals surface area contributed by atoms with Crippen LogP contribution in [0.5, 0.6) is 0 Å². The molecule has 0 spiro atoms. The zero-order chi connectivity index (χ0) is 13.0. The van der Waals surface area contributed by atoms with Crippen LogP contribution in [0.4, 0.5) is 0 Å². The Kier molecular flexibility index (Phi) is 4.49. The van der Waals surface area contributed by atoms with E-state index in [1.807, 2.05) is 11.4 Å². The summed E-state index contributed by atoms with van der Waals surface area (Å²) in [6, 6.07) is 3.63. The zero-order valence-electron chi connectivity index (χ0n) is 10.2. The van der Waals surface area contributed by atoms with Crippen molar-refractivity contribution in [3.8, 4) is 0 Å². The number of amides is 1. The van der Waals surface area contributed by atoms with E-state index in [0.29, 0.717) is 13.1 Å². The average molecular weight is 267 g/mol. The smallest absolute Gasteiger partial charge is 0.223 e. The monoisotopic (exact) mass is 267 g/mol. The maximum Gasteiger partial charge on any atom is 0.223 e. The van der Waals surface area contributed by atoms with Crippen molar-refractivity contribution in [2.45, 2.75) is 19.3 Å². The molecule has 5 heteroatoms. The van der Waals surface area contributed by atoms with Gasteiger partial charge >= 0.3 is 0 Å². The van der Waals surface area contributed by atoms with Crippen LogP contribution >= 0.6 is 11.3 Å². The third-order valence-electron chi connectivity index (χ3n) is 3.26. The first-order valence-electron chi connectivity index (χ1n) is 6.16. The van der Waals surface area contributed by atoms with E-state index in [9.17, 15) is 9.59 Å². The first-order chi connectivity index (χ1) is 8.70. The highest BCUT2D eigenvalue weighted by Crippen LogP contribution is 2.18. The minimum atomic E-state index is 0.0239. The number of rotatable bonds is 5. The van der Waals surface area contributed by atoms with Crippen LogP contribution in [0, 0.1) is 5.92 Å². The third kappa shape index (κ3) is 3.17. The van der Waals surface area contributed by atoms with Gasteiger partial charge in [0, 0.05) is 38.5 Å². The highest BCUT2D eigenvalue weighted by Gasteiger charge is 2.25. The van der Waals surface area contributed by atoms with Gasteiger partial charge in [0.15, 0.2) is 5.78 Å². The summed E-state index contributed by atoms with van der Waals surface area (Å²) in [5.74, 6) is 0.272. The molecular formula is C13H17NO3S. The van der Waals surface area contributed by atoms with Crippen molar-refractivity contribution >= 4 is 23.0 Å². The standard InChI is InChI=1S/C13H17NO3S/c15-9-10-5-6-14(8-10)13(17)4-3-11(16)12-2-1-7-18-12/h1-2,7,10,15H,3-6,8-9H2. The lowest BCUT2D eigenvalue weighted by Crippen LogP contribution is -2.29. The SMILES string of the molecule is O=C(CCC(=O)N1CCC(CO)C1)c1cccs1. The Hall–Kier alpha value is -1.20. The Labute approximate surface area is 110 Å². The number of ketones is 1. The molecule has 98 valence electrons. The summed E-state index contributed by atoms with van der Waals surface area (Å²) in [6.45, 7) is 1.47. The van der Waals surface area contributed by atoms with Gasteiger partial charge in [-0.2, -0.15) is 0 Å². The highest BCUT2D eigenvalue weighted by molar-refractivity contribution is 7.12. The number of carbonyl (C=O) groups excluding carboxylic acids is 2. The molecule has 1 atom stereocenters. The molecule has 1 aliphatic heterocycles. The summed E-state index contributed by atoms with van der Waals surface area (Å²) in [7, 11) is 0. The predicted octanol–water partition coefficient (Wildman–Crippen LogP) is 1.55. The molecule has 1 fully saturated rings. The Bertz CT molecular complexity index is 416. The van der Waals surface area contributed by atoms with Crippen LogP contribution in [0.3, 0.4) is 0 Å². The molecule has 1 aliphatic rings. The molecule has 2 heterocycles. The Morgan fingerprint density at radius 3 is 2.89 bits per heavy atom. The Morgan fingerprint density at radius 2 is 2.28 bits per heavy atom. The number of hydrogen-bond donors (Lipinski definition) is 1. The van der Waals surface area contributed by atoms with E-state index in [4.69, 9.17) is 5.11 Å². The topological polar surface area (TPSA) is 57.6 Å². The number of nitrogens with zero attached hydrogens (tertiary/aromatic N) is 1. The predicted molar refractivity (Wildman–Crippen MR) is 69.7 cm³/mol. The Morgan fingerprint density at radius 1 is 1.44 bits per heavy atom. The quantitative estimate of drug-likeness (QED) is 0.824. The van der Waals surface area contributed by atoms with Crippen molar-refractivity contribution in [2.75, 3.05) is 19.7 Å². The molecule has 0 saturated carbocycles. The lowest BCUT2D eigenvalue weighted by Gasteiger charge is -2.15. The van der Waals surface area contributed by atoms with Crippen molar-refractivity contribution in [1.29, 1.82) is 0 Å². The number of aliphatic hydroxyl groups excluding tert-OH is 1. The minimum Gasteiger partial charge on any atom is -0.396 e. The van der Waals surface area contributed by atoms with Gasteiger partial charge in [-0.15, -0.1) is 11.3 Å². The van der Waals surface area contributed by atoms with E-state index < -0.39 is 0 Å². The summed E-state index contributed by atoms with van der Waals surface area (Å²) in [5.41, 5.74) is 0. The highest BCUT2D eigenvalue weighted by atomic mass is 32.1. The number of hydrogen-bond acceptors (Lipinski definition) is 4. The van der Waals surface area contributed by atoms with Crippen molar-refractivity contribution in [3.63, 3.8) is 0 Å². The molecular weight excluding hydrogens is 250 g/mol. The summed E-state index contributed by atoms with van der Waals surface area (Å²) >= 11 is 1.41. The summed E-state index contributed by atoms with van der Waals surface area (Å²) < 4.78 is 0. The van der Waals surface area contributed by atoms with Gasteiger partial charge in [-0.3, -0.25) is 9.59 Å². The minimum absolute atomic E-state index is 0.0239. The van der Waals surface area contributed by atoms with Crippen molar-refractivity contribution in [1.82, 2.24) is 4.90 Å². The van der Waals surface area contributed by atoms with Crippen molar-refractivity contribution < 1.29 is 14.7 Å². The van der Waals surface area contributed by atoms with Gasteiger partial charge in [0.05, 0.1) is 4.88 Å². The van der Waals surface area contributed by atoms with E-state index in [1.54, 1.807) is 11.0 Å². The van der Waals surface area contributed by atoms with Gasteiger partial charge < -0.3 is 10.0 Å². The normalized spacial score (nSPS) is 19.2.